The van der Waals surface area contributed by atoms with Crippen LogP contribution >= 0.6 is 0 Å². The van der Waals surface area contributed by atoms with Crippen molar-refractivity contribution < 1.29 is 4.79 Å². The third kappa shape index (κ3) is 4.31. The summed E-state index contributed by atoms with van der Waals surface area (Å²) in [4.78, 5) is 26.0. The largest absolute Gasteiger partial charge is 0.381 e. The molecule has 3 heterocycles. The molecule has 1 aliphatic rings. The Morgan fingerprint density at radius 1 is 1.07 bits per heavy atom. The van der Waals surface area contributed by atoms with Crippen molar-refractivity contribution in [1.82, 2.24) is 14.9 Å². The monoisotopic (exact) mass is 389 g/mol. The number of pyridine rings is 2. The molecule has 0 aliphatic carbocycles. The Morgan fingerprint density at radius 3 is 2.76 bits per heavy atom. The Hall–Kier alpha value is -3.15. The fourth-order valence-electron chi connectivity index (χ4n) is 3.88. The molecule has 1 amide bonds. The van der Waals surface area contributed by atoms with Gasteiger partial charge in [-0.25, -0.2) is 4.98 Å². The van der Waals surface area contributed by atoms with E-state index in [4.69, 9.17) is 0 Å². The highest BCUT2D eigenvalue weighted by Gasteiger charge is 2.23. The van der Waals surface area contributed by atoms with E-state index in [2.05, 4.69) is 21.4 Å². The molecule has 1 saturated heterocycles. The molecule has 2 aromatic heterocycles. The first-order valence-electron chi connectivity index (χ1n) is 10.1. The van der Waals surface area contributed by atoms with Crippen molar-refractivity contribution in [2.45, 2.75) is 25.3 Å². The summed E-state index contributed by atoms with van der Waals surface area (Å²) < 4.78 is 0. The van der Waals surface area contributed by atoms with E-state index in [0.29, 0.717) is 6.04 Å². The first-order chi connectivity index (χ1) is 14.1. The first-order valence-corrected chi connectivity index (χ1v) is 10.1. The standard InChI is InChI=1S/C23H27N5O/c1-27(2)22-11-10-18(16-25-22)26-17-6-5-14-28(15-12-17)23(29)20-7-3-9-21-19(20)8-4-13-24-21/h3-4,7-11,13,16-17,26H,5-6,12,14-15H2,1-2H3. The van der Waals surface area contributed by atoms with Crippen LogP contribution in [0.25, 0.3) is 10.9 Å². The Labute approximate surface area is 171 Å². The first kappa shape index (κ1) is 19.2. The summed E-state index contributed by atoms with van der Waals surface area (Å²) in [6, 6.07) is 14.1. The number of rotatable bonds is 4. The van der Waals surface area contributed by atoms with Gasteiger partial charge in [0.25, 0.3) is 5.91 Å². The van der Waals surface area contributed by atoms with Crippen LogP contribution in [0.3, 0.4) is 0 Å². The van der Waals surface area contributed by atoms with Gasteiger partial charge >= 0.3 is 0 Å². The summed E-state index contributed by atoms with van der Waals surface area (Å²) in [5, 5.41) is 4.51. The second-order valence-electron chi connectivity index (χ2n) is 7.74. The van der Waals surface area contributed by atoms with E-state index in [1.165, 1.54) is 0 Å². The molecule has 1 N–H and O–H groups in total. The second kappa shape index (κ2) is 8.47. The molecule has 0 bridgehead atoms. The molecule has 0 spiro atoms. The van der Waals surface area contributed by atoms with Gasteiger partial charge in [-0.2, -0.15) is 0 Å². The van der Waals surface area contributed by atoms with E-state index in [1.54, 1.807) is 6.20 Å². The second-order valence-corrected chi connectivity index (χ2v) is 7.74. The van der Waals surface area contributed by atoms with Gasteiger partial charge in [0.2, 0.25) is 0 Å². The highest BCUT2D eigenvalue weighted by Crippen LogP contribution is 2.22. The van der Waals surface area contributed by atoms with Crippen molar-refractivity contribution in [1.29, 1.82) is 0 Å². The van der Waals surface area contributed by atoms with Gasteiger partial charge in [-0.3, -0.25) is 9.78 Å². The number of nitrogens with zero attached hydrogens (tertiary/aromatic N) is 4. The van der Waals surface area contributed by atoms with Gasteiger partial charge in [0, 0.05) is 50.4 Å². The lowest BCUT2D eigenvalue weighted by Crippen LogP contribution is -2.32. The molecular weight excluding hydrogens is 362 g/mol. The maximum absolute atomic E-state index is 13.2. The minimum Gasteiger partial charge on any atom is -0.381 e. The fourth-order valence-corrected chi connectivity index (χ4v) is 3.88. The van der Waals surface area contributed by atoms with Gasteiger partial charge in [0.05, 0.1) is 17.4 Å². The molecule has 6 nitrogen and oxygen atoms in total. The summed E-state index contributed by atoms with van der Waals surface area (Å²) in [6.07, 6.45) is 6.58. The van der Waals surface area contributed by atoms with Gasteiger partial charge in [-0.15, -0.1) is 0 Å². The third-order valence-electron chi connectivity index (χ3n) is 5.47. The van der Waals surface area contributed by atoms with Crippen molar-refractivity contribution in [3.05, 3.63) is 60.4 Å². The van der Waals surface area contributed by atoms with Crippen molar-refractivity contribution in [2.75, 3.05) is 37.4 Å². The van der Waals surface area contributed by atoms with E-state index in [-0.39, 0.29) is 5.91 Å². The third-order valence-corrected chi connectivity index (χ3v) is 5.47. The minimum atomic E-state index is 0.0984. The van der Waals surface area contributed by atoms with E-state index in [0.717, 1.165) is 60.3 Å². The van der Waals surface area contributed by atoms with Crippen LogP contribution in [0.2, 0.25) is 0 Å². The number of anilines is 2. The van der Waals surface area contributed by atoms with Crippen LogP contribution < -0.4 is 10.2 Å². The van der Waals surface area contributed by atoms with E-state index in [9.17, 15) is 4.79 Å². The molecular formula is C23H27N5O. The van der Waals surface area contributed by atoms with Crippen LogP contribution in [0.5, 0.6) is 0 Å². The Kier molecular flexibility index (Phi) is 5.60. The summed E-state index contributed by atoms with van der Waals surface area (Å²) in [5.74, 6) is 1.04. The van der Waals surface area contributed by atoms with Crippen LogP contribution in [0, 0.1) is 0 Å². The van der Waals surface area contributed by atoms with Crippen molar-refractivity contribution in [3.63, 3.8) is 0 Å². The zero-order valence-corrected chi connectivity index (χ0v) is 17.0. The summed E-state index contributed by atoms with van der Waals surface area (Å²) in [7, 11) is 3.97. The van der Waals surface area contributed by atoms with Crippen LogP contribution in [0.15, 0.2) is 54.9 Å². The van der Waals surface area contributed by atoms with Crippen molar-refractivity contribution in [2.24, 2.45) is 0 Å². The van der Waals surface area contributed by atoms with Crippen LogP contribution in [-0.2, 0) is 0 Å². The maximum Gasteiger partial charge on any atom is 0.254 e. The molecule has 1 unspecified atom stereocenters. The molecule has 0 radical (unpaired) electrons. The predicted octanol–water partition coefficient (Wildman–Crippen LogP) is 3.80. The van der Waals surface area contributed by atoms with Crippen molar-refractivity contribution >= 4 is 28.3 Å². The molecule has 4 rings (SSSR count). The van der Waals surface area contributed by atoms with Crippen LogP contribution in [-0.4, -0.2) is 54.0 Å². The number of fused-ring (bicyclic) bond motifs is 1. The van der Waals surface area contributed by atoms with Crippen molar-refractivity contribution in [3.8, 4) is 0 Å². The van der Waals surface area contributed by atoms with Gasteiger partial charge in [-0.05, 0) is 49.6 Å². The Bertz CT molecular complexity index is 981. The molecule has 1 fully saturated rings. The lowest BCUT2D eigenvalue weighted by molar-refractivity contribution is 0.0763. The average Bonchev–Trinajstić information content (AvgIpc) is 2.99. The summed E-state index contributed by atoms with van der Waals surface area (Å²) in [6.45, 7) is 1.53. The number of carbonyl (C=O) groups excluding carboxylic acids is 1. The molecule has 1 aliphatic heterocycles. The van der Waals surface area contributed by atoms with Crippen LogP contribution in [0.4, 0.5) is 11.5 Å². The molecule has 0 saturated carbocycles. The van der Waals surface area contributed by atoms with E-state index >= 15 is 0 Å². The average molecular weight is 390 g/mol. The summed E-state index contributed by atoms with van der Waals surface area (Å²) >= 11 is 0. The lowest BCUT2D eigenvalue weighted by atomic mass is 10.1. The number of nitrogens with one attached hydrogen (secondary N) is 1. The SMILES string of the molecule is CN(C)c1ccc(NC2CCCN(C(=O)c3cccc4ncccc34)CC2)cn1. The normalized spacial score (nSPS) is 17.0. The Morgan fingerprint density at radius 2 is 1.97 bits per heavy atom. The highest BCUT2D eigenvalue weighted by atomic mass is 16.2. The molecule has 3 aromatic rings. The molecule has 29 heavy (non-hydrogen) atoms. The maximum atomic E-state index is 13.2. The molecule has 1 aromatic carbocycles. The predicted molar refractivity (Wildman–Crippen MR) is 117 cm³/mol. The summed E-state index contributed by atoms with van der Waals surface area (Å²) in [5.41, 5.74) is 2.63. The number of hydrogen-bond acceptors (Lipinski definition) is 5. The molecule has 6 heteroatoms. The number of aromatic nitrogens is 2. The number of benzene rings is 1. The minimum absolute atomic E-state index is 0.0984. The zero-order valence-electron chi connectivity index (χ0n) is 17.0. The lowest BCUT2D eigenvalue weighted by Gasteiger charge is -2.22. The molecule has 1 atom stereocenters. The zero-order chi connectivity index (χ0) is 20.2. The number of amides is 1. The number of hydrogen-bond donors (Lipinski definition) is 1. The highest BCUT2D eigenvalue weighted by molar-refractivity contribution is 6.06. The number of carbonyl (C=O) groups is 1. The van der Waals surface area contributed by atoms with Gasteiger partial charge in [-0.1, -0.05) is 12.1 Å². The van der Waals surface area contributed by atoms with Gasteiger partial charge in [0.1, 0.15) is 5.82 Å². The van der Waals surface area contributed by atoms with Crippen LogP contribution in [0.1, 0.15) is 29.6 Å². The topological polar surface area (TPSA) is 61.4 Å². The number of likely N-dealkylation sites (tertiary alicyclic amines) is 1. The van der Waals surface area contributed by atoms with Gasteiger partial charge in [0.15, 0.2) is 0 Å². The smallest absolute Gasteiger partial charge is 0.254 e. The van der Waals surface area contributed by atoms with Gasteiger partial charge < -0.3 is 15.1 Å². The quantitative estimate of drug-likeness (QED) is 0.735. The fraction of sp³-hybridized carbons (Fsp3) is 0.348. The molecule has 150 valence electrons. The van der Waals surface area contributed by atoms with E-state index in [1.807, 2.05) is 66.5 Å². The van der Waals surface area contributed by atoms with E-state index < -0.39 is 0 Å². The Balaban J connectivity index is 1.42.